The number of carbonyl (C=O) groups is 1. The molecule has 0 spiro atoms. The van der Waals surface area contributed by atoms with Crippen LogP contribution in [0.5, 0.6) is 0 Å². The monoisotopic (exact) mass is 268 g/mol. The lowest BCUT2D eigenvalue weighted by Gasteiger charge is -2.41. The Bertz CT molecular complexity index is 433. The number of urea groups is 1. The average molecular weight is 268 g/mol. The van der Waals surface area contributed by atoms with Crippen LogP contribution in [0.1, 0.15) is 26.0 Å². The van der Waals surface area contributed by atoms with Crippen LogP contribution < -0.4 is 10.2 Å². The molecule has 100 valence electrons. The Morgan fingerprint density at radius 1 is 1.67 bits per heavy atom. The fraction of sp³-hybridized carbons (Fsp3) is 0.667. The van der Waals surface area contributed by atoms with Crippen molar-refractivity contribution in [1.82, 2.24) is 14.6 Å². The number of carbonyl (C=O) groups excluding carboxylic acids is 1. The van der Waals surface area contributed by atoms with Gasteiger partial charge in [0.15, 0.2) is 0 Å². The van der Waals surface area contributed by atoms with Gasteiger partial charge in [-0.25, -0.2) is 4.79 Å². The fourth-order valence-corrected chi connectivity index (χ4v) is 2.91. The third-order valence-electron chi connectivity index (χ3n) is 3.47. The third-order valence-corrected chi connectivity index (χ3v) is 4.38. The van der Waals surface area contributed by atoms with E-state index in [0.29, 0.717) is 12.6 Å². The van der Waals surface area contributed by atoms with Crippen LogP contribution >= 0.6 is 11.5 Å². The predicted molar refractivity (Wildman–Crippen MR) is 73.7 cm³/mol. The highest BCUT2D eigenvalue weighted by molar-refractivity contribution is 7.10. The van der Waals surface area contributed by atoms with Gasteiger partial charge in [0, 0.05) is 7.05 Å². The molecule has 0 aromatic carbocycles. The van der Waals surface area contributed by atoms with Crippen molar-refractivity contribution in [2.45, 2.75) is 33.4 Å². The molecule has 1 aromatic rings. The zero-order valence-corrected chi connectivity index (χ0v) is 12.1. The maximum Gasteiger partial charge on any atom is 0.327 e. The van der Waals surface area contributed by atoms with Gasteiger partial charge >= 0.3 is 6.03 Å². The summed E-state index contributed by atoms with van der Waals surface area (Å²) in [7, 11) is 1.85. The van der Waals surface area contributed by atoms with Gasteiger partial charge in [0.2, 0.25) is 0 Å². The first-order valence-corrected chi connectivity index (χ1v) is 7.03. The molecule has 6 heteroatoms. The number of aryl methyl sites for hydroxylation is 1. The maximum atomic E-state index is 12.4. The molecule has 5 nitrogen and oxygen atoms in total. The molecule has 1 fully saturated rings. The lowest BCUT2D eigenvalue weighted by atomic mass is 10.0. The minimum Gasteiger partial charge on any atom is -0.312 e. The Morgan fingerprint density at radius 2 is 2.39 bits per heavy atom. The van der Waals surface area contributed by atoms with E-state index in [9.17, 15) is 4.79 Å². The van der Waals surface area contributed by atoms with Crippen molar-refractivity contribution in [3.8, 4) is 0 Å². The van der Waals surface area contributed by atoms with Crippen LogP contribution in [0.25, 0.3) is 0 Å². The lowest BCUT2D eigenvalue weighted by Crippen LogP contribution is -2.63. The summed E-state index contributed by atoms with van der Waals surface area (Å²) < 4.78 is 4.22. The Hall–Kier alpha value is -1.14. The van der Waals surface area contributed by atoms with Crippen molar-refractivity contribution in [2.24, 2.45) is 5.92 Å². The molecule has 0 aliphatic carbocycles. The predicted octanol–water partition coefficient (Wildman–Crippen LogP) is 2.24. The normalized spacial score (nSPS) is 22.4. The zero-order valence-electron chi connectivity index (χ0n) is 11.3. The van der Waals surface area contributed by atoms with Crippen LogP contribution in [0.4, 0.5) is 9.80 Å². The number of hydrogen-bond donors (Lipinski definition) is 1. The van der Waals surface area contributed by atoms with Gasteiger partial charge in [0.25, 0.3) is 0 Å². The van der Waals surface area contributed by atoms with Crippen molar-refractivity contribution in [1.29, 1.82) is 0 Å². The van der Waals surface area contributed by atoms with Crippen LogP contribution in [0, 0.1) is 12.8 Å². The van der Waals surface area contributed by atoms with E-state index in [1.165, 1.54) is 11.5 Å². The molecule has 2 atom stereocenters. The minimum absolute atomic E-state index is 0.0442. The highest BCUT2D eigenvalue weighted by Gasteiger charge is 2.34. The second-order valence-corrected chi connectivity index (χ2v) is 5.60. The molecule has 2 unspecified atom stereocenters. The molecule has 0 radical (unpaired) electrons. The molecule has 2 heterocycles. The number of anilines is 1. The van der Waals surface area contributed by atoms with E-state index in [2.05, 4.69) is 23.5 Å². The highest BCUT2D eigenvalue weighted by atomic mass is 32.1. The molecule has 1 aromatic heterocycles. The second kappa shape index (κ2) is 5.24. The number of hydrogen-bond acceptors (Lipinski definition) is 4. The number of nitrogens with zero attached hydrogens (tertiary/aromatic N) is 3. The van der Waals surface area contributed by atoms with Gasteiger partial charge in [-0.3, -0.25) is 10.2 Å². The van der Waals surface area contributed by atoms with Crippen LogP contribution in [0.3, 0.4) is 0 Å². The smallest absolute Gasteiger partial charge is 0.312 e. The number of rotatable bonds is 3. The van der Waals surface area contributed by atoms with Crippen molar-refractivity contribution in [3.63, 3.8) is 0 Å². The van der Waals surface area contributed by atoms with Gasteiger partial charge in [-0.05, 0) is 30.4 Å². The van der Waals surface area contributed by atoms with Crippen LogP contribution in [-0.4, -0.2) is 35.2 Å². The first-order chi connectivity index (χ1) is 8.54. The molecule has 18 heavy (non-hydrogen) atoms. The van der Waals surface area contributed by atoms with Crippen LogP contribution in [0.2, 0.25) is 0 Å². The van der Waals surface area contributed by atoms with Gasteiger partial charge < -0.3 is 4.90 Å². The molecular formula is C12H20N4OS. The SMILES string of the molecule is CCC(C)C1NCN(c2cc(C)ns2)C(=O)N1C. The molecule has 1 aliphatic rings. The summed E-state index contributed by atoms with van der Waals surface area (Å²) in [6.07, 6.45) is 1.17. The van der Waals surface area contributed by atoms with Crippen LogP contribution in [-0.2, 0) is 0 Å². The number of amides is 2. The van der Waals surface area contributed by atoms with E-state index in [1.807, 2.05) is 20.0 Å². The Kier molecular flexibility index (Phi) is 3.87. The summed E-state index contributed by atoms with van der Waals surface area (Å²) >= 11 is 1.37. The number of nitrogens with one attached hydrogen (secondary N) is 1. The zero-order chi connectivity index (χ0) is 13.3. The fourth-order valence-electron chi connectivity index (χ4n) is 2.15. The topological polar surface area (TPSA) is 48.5 Å². The van der Waals surface area contributed by atoms with E-state index in [1.54, 1.807) is 9.80 Å². The summed E-state index contributed by atoms with van der Waals surface area (Å²) in [6, 6.07) is 1.99. The molecule has 0 saturated carbocycles. The summed E-state index contributed by atoms with van der Waals surface area (Å²) in [5.74, 6) is 0.448. The summed E-state index contributed by atoms with van der Waals surface area (Å²) in [5.41, 5.74) is 0.953. The Balaban J connectivity index is 2.13. The van der Waals surface area contributed by atoms with E-state index < -0.39 is 0 Å². The number of aromatic nitrogens is 1. The van der Waals surface area contributed by atoms with E-state index in [4.69, 9.17) is 0 Å². The molecule has 0 bridgehead atoms. The highest BCUT2D eigenvalue weighted by Crippen LogP contribution is 2.25. The standard InChI is InChI=1S/C12H20N4OS/c1-5-8(2)11-13-7-16(12(17)15(11)4)10-6-9(3)14-18-10/h6,8,11,13H,5,7H2,1-4H3. The third kappa shape index (κ3) is 2.35. The molecule has 1 N–H and O–H groups in total. The first kappa shape index (κ1) is 13.3. The lowest BCUT2D eigenvalue weighted by molar-refractivity contribution is 0.137. The van der Waals surface area contributed by atoms with Crippen molar-refractivity contribution < 1.29 is 4.79 Å². The van der Waals surface area contributed by atoms with Gasteiger partial charge in [0.1, 0.15) is 5.00 Å². The molecule has 2 amide bonds. The van der Waals surface area contributed by atoms with Gasteiger partial charge in [-0.15, -0.1) is 0 Å². The largest absolute Gasteiger partial charge is 0.327 e. The van der Waals surface area contributed by atoms with E-state index >= 15 is 0 Å². The van der Waals surface area contributed by atoms with Gasteiger partial charge in [-0.1, -0.05) is 20.3 Å². The maximum absolute atomic E-state index is 12.4. The Morgan fingerprint density at radius 3 is 2.94 bits per heavy atom. The minimum atomic E-state index is 0.0442. The molecule has 1 aliphatic heterocycles. The Labute approximate surface area is 112 Å². The first-order valence-electron chi connectivity index (χ1n) is 6.25. The molecular weight excluding hydrogens is 248 g/mol. The van der Waals surface area contributed by atoms with Gasteiger partial charge in [0.05, 0.1) is 18.5 Å². The van der Waals surface area contributed by atoms with Crippen LogP contribution in [0.15, 0.2) is 6.07 Å². The summed E-state index contributed by atoms with van der Waals surface area (Å²) in [5, 5.41) is 4.32. The van der Waals surface area contributed by atoms with Gasteiger partial charge in [-0.2, -0.15) is 4.37 Å². The summed E-state index contributed by atoms with van der Waals surface area (Å²) in [6.45, 7) is 6.80. The van der Waals surface area contributed by atoms with Crippen molar-refractivity contribution in [2.75, 3.05) is 18.6 Å². The quantitative estimate of drug-likeness (QED) is 0.914. The van der Waals surface area contributed by atoms with Crippen molar-refractivity contribution >= 4 is 22.6 Å². The molecule has 1 saturated heterocycles. The molecule has 2 rings (SSSR count). The van der Waals surface area contributed by atoms with E-state index in [0.717, 1.165) is 17.1 Å². The van der Waals surface area contributed by atoms with Crippen molar-refractivity contribution in [3.05, 3.63) is 11.8 Å². The summed E-state index contributed by atoms with van der Waals surface area (Å²) in [4.78, 5) is 15.9. The van der Waals surface area contributed by atoms with E-state index in [-0.39, 0.29) is 12.2 Å². The average Bonchev–Trinajstić information content (AvgIpc) is 2.78. The second-order valence-electron chi connectivity index (χ2n) is 4.82.